The van der Waals surface area contributed by atoms with Crippen molar-refractivity contribution >= 4 is 0 Å². The maximum absolute atomic E-state index is 5.73. The van der Waals surface area contributed by atoms with E-state index in [4.69, 9.17) is 5.73 Å². The molecule has 10 heavy (non-hydrogen) atoms. The van der Waals surface area contributed by atoms with E-state index in [2.05, 4.69) is 11.8 Å². The molecule has 2 heteroatoms. The number of hydrogen-bond donors (Lipinski definition) is 1. The third-order valence-corrected chi connectivity index (χ3v) is 2.96. The number of nitrogens with zero attached hydrogens (tertiary/aromatic N) is 1. The van der Waals surface area contributed by atoms with E-state index in [1.165, 1.54) is 32.5 Å². The molecule has 0 aromatic rings. The zero-order valence-electron chi connectivity index (χ0n) is 6.64. The molecule has 0 radical (unpaired) electrons. The van der Waals surface area contributed by atoms with Crippen LogP contribution in [0.1, 0.15) is 19.8 Å². The van der Waals surface area contributed by atoms with Crippen LogP contribution in [0.4, 0.5) is 0 Å². The van der Waals surface area contributed by atoms with Gasteiger partial charge in [-0.05, 0) is 24.8 Å². The van der Waals surface area contributed by atoms with E-state index < -0.39 is 0 Å². The average molecular weight is 140 g/mol. The summed E-state index contributed by atoms with van der Waals surface area (Å²) in [7, 11) is 0. The van der Waals surface area contributed by atoms with Gasteiger partial charge >= 0.3 is 0 Å². The van der Waals surface area contributed by atoms with Gasteiger partial charge in [-0.25, -0.2) is 0 Å². The normalized spacial score (nSPS) is 31.8. The second-order valence-electron chi connectivity index (χ2n) is 3.97. The Kier molecular flexibility index (Phi) is 1.29. The van der Waals surface area contributed by atoms with Gasteiger partial charge in [0.05, 0.1) is 0 Å². The lowest BCUT2D eigenvalue weighted by Gasteiger charge is -2.58. The topological polar surface area (TPSA) is 29.3 Å². The molecule has 2 N–H and O–H groups in total. The summed E-state index contributed by atoms with van der Waals surface area (Å²) >= 11 is 0. The lowest BCUT2D eigenvalue weighted by atomic mass is 9.61. The number of hydrogen-bond acceptors (Lipinski definition) is 2. The molecule has 1 aliphatic carbocycles. The highest BCUT2D eigenvalue weighted by Crippen LogP contribution is 2.47. The summed E-state index contributed by atoms with van der Waals surface area (Å²) in [6.45, 7) is 6.08. The standard InChI is InChI=1S/C8H16N2/c1-2-10-5-8(6-10)3-7(9)4-8/h7H,2-6,9H2,1H3. The van der Waals surface area contributed by atoms with Gasteiger partial charge in [-0.1, -0.05) is 6.92 Å². The van der Waals surface area contributed by atoms with Gasteiger partial charge in [0, 0.05) is 19.1 Å². The van der Waals surface area contributed by atoms with Crippen LogP contribution in [-0.2, 0) is 0 Å². The lowest BCUT2D eigenvalue weighted by molar-refractivity contribution is -0.0677. The molecule has 0 unspecified atom stereocenters. The van der Waals surface area contributed by atoms with Gasteiger partial charge in [-0.2, -0.15) is 0 Å². The Bertz CT molecular complexity index is 130. The first kappa shape index (κ1) is 6.62. The van der Waals surface area contributed by atoms with Gasteiger partial charge in [0.1, 0.15) is 0 Å². The largest absolute Gasteiger partial charge is 0.328 e. The highest BCUT2D eigenvalue weighted by Gasteiger charge is 2.50. The van der Waals surface area contributed by atoms with Crippen LogP contribution in [0.3, 0.4) is 0 Å². The van der Waals surface area contributed by atoms with Crippen LogP contribution in [-0.4, -0.2) is 30.6 Å². The Labute approximate surface area is 62.4 Å². The monoisotopic (exact) mass is 140 g/mol. The lowest BCUT2D eigenvalue weighted by Crippen LogP contribution is -2.65. The summed E-state index contributed by atoms with van der Waals surface area (Å²) in [6, 6.07) is 0.527. The van der Waals surface area contributed by atoms with Gasteiger partial charge in [-0.15, -0.1) is 0 Å². The Hall–Kier alpha value is -0.0800. The molecule has 58 valence electrons. The molecule has 0 bridgehead atoms. The molecule has 2 aliphatic rings. The van der Waals surface area contributed by atoms with Crippen molar-refractivity contribution in [3.8, 4) is 0 Å². The van der Waals surface area contributed by atoms with Gasteiger partial charge < -0.3 is 10.6 Å². The van der Waals surface area contributed by atoms with Crippen molar-refractivity contribution in [2.24, 2.45) is 11.1 Å². The summed E-state index contributed by atoms with van der Waals surface area (Å²) in [5.74, 6) is 0. The van der Waals surface area contributed by atoms with Gasteiger partial charge in [0.2, 0.25) is 0 Å². The summed E-state index contributed by atoms with van der Waals surface area (Å²) in [6.07, 6.45) is 2.56. The predicted molar refractivity (Wildman–Crippen MR) is 41.8 cm³/mol. The smallest absolute Gasteiger partial charge is 0.00515 e. The van der Waals surface area contributed by atoms with Crippen molar-refractivity contribution in [3.05, 3.63) is 0 Å². The van der Waals surface area contributed by atoms with Crippen LogP contribution in [0.2, 0.25) is 0 Å². The predicted octanol–water partition coefficient (Wildman–Crippen LogP) is 0.429. The first-order chi connectivity index (χ1) is 4.74. The molecule has 1 saturated heterocycles. The van der Waals surface area contributed by atoms with E-state index in [0.29, 0.717) is 11.5 Å². The molecule has 2 nitrogen and oxygen atoms in total. The van der Waals surface area contributed by atoms with Crippen LogP contribution in [0, 0.1) is 5.41 Å². The molecule has 2 rings (SSSR count). The van der Waals surface area contributed by atoms with E-state index in [1.807, 2.05) is 0 Å². The van der Waals surface area contributed by atoms with Gasteiger partial charge in [0.25, 0.3) is 0 Å². The molecular weight excluding hydrogens is 124 g/mol. The van der Waals surface area contributed by atoms with Crippen LogP contribution >= 0.6 is 0 Å². The Balaban J connectivity index is 1.80. The highest BCUT2D eigenvalue weighted by molar-refractivity contribution is 5.05. The van der Waals surface area contributed by atoms with E-state index in [-0.39, 0.29) is 0 Å². The minimum atomic E-state index is 0.527. The molecule has 0 amide bonds. The van der Waals surface area contributed by atoms with E-state index in [1.54, 1.807) is 0 Å². The maximum Gasteiger partial charge on any atom is 0.00515 e. The fraction of sp³-hybridized carbons (Fsp3) is 1.00. The first-order valence-electron chi connectivity index (χ1n) is 4.22. The highest BCUT2D eigenvalue weighted by atomic mass is 15.2. The molecule has 1 heterocycles. The molecule has 0 atom stereocenters. The quantitative estimate of drug-likeness (QED) is 0.572. The van der Waals surface area contributed by atoms with Crippen LogP contribution < -0.4 is 5.73 Å². The molecular formula is C8H16N2. The summed E-state index contributed by atoms with van der Waals surface area (Å²) in [5.41, 5.74) is 6.42. The molecule has 1 aliphatic heterocycles. The molecule has 0 aromatic carbocycles. The second kappa shape index (κ2) is 1.95. The summed E-state index contributed by atoms with van der Waals surface area (Å²) in [5, 5.41) is 0. The number of rotatable bonds is 1. The molecule has 1 saturated carbocycles. The van der Waals surface area contributed by atoms with E-state index in [0.717, 1.165) is 0 Å². The minimum absolute atomic E-state index is 0.527. The summed E-state index contributed by atoms with van der Waals surface area (Å²) < 4.78 is 0. The first-order valence-corrected chi connectivity index (χ1v) is 4.22. The van der Waals surface area contributed by atoms with Crippen molar-refractivity contribution in [1.29, 1.82) is 0 Å². The van der Waals surface area contributed by atoms with E-state index in [9.17, 15) is 0 Å². The van der Waals surface area contributed by atoms with Crippen molar-refractivity contribution in [2.75, 3.05) is 19.6 Å². The van der Waals surface area contributed by atoms with Gasteiger partial charge in [0.15, 0.2) is 0 Å². The third kappa shape index (κ3) is 0.789. The molecule has 0 aromatic heterocycles. The Morgan fingerprint density at radius 2 is 2.10 bits per heavy atom. The van der Waals surface area contributed by atoms with Crippen molar-refractivity contribution in [1.82, 2.24) is 4.90 Å². The van der Waals surface area contributed by atoms with Crippen LogP contribution in [0.15, 0.2) is 0 Å². The number of likely N-dealkylation sites (tertiary alicyclic amines) is 1. The average Bonchev–Trinajstić information content (AvgIpc) is 1.74. The zero-order valence-corrected chi connectivity index (χ0v) is 6.64. The van der Waals surface area contributed by atoms with Crippen LogP contribution in [0.5, 0.6) is 0 Å². The van der Waals surface area contributed by atoms with Crippen molar-refractivity contribution in [3.63, 3.8) is 0 Å². The number of nitrogens with two attached hydrogens (primary N) is 1. The summed E-state index contributed by atoms with van der Waals surface area (Å²) in [4.78, 5) is 2.49. The van der Waals surface area contributed by atoms with Crippen molar-refractivity contribution < 1.29 is 0 Å². The maximum atomic E-state index is 5.73. The van der Waals surface area contributed by atoms with E-state index >= 15 is 0 Å². The van der Waals surface area contributed by atoms with Gasteiger partial charge in [-0.3, -0.25) is 0 Å². The molecule has 2 fully saturated rings. The van der Waals surface area contributed by atoms with Crippen molar-refractivity contribution in [2.45, 2.75) is 25.8 Å². The third-order valence-electron chi connectivity index (χ3n) is 2.96. The van der Waals surface area contributed by atoms with Crippen LogP contribution in [0.25, 0.3) is 0 Å². The Morgan fingerprint density at radius 1 is 1.50 bits per heavy atom. The fourth-order valence-electron chi connectivity index (χ4n) is 2.44. The molecule has 1 spiro atoms. The fourth-order valence-corrected chi connectivity index (χ4v) is 2.44. The second-order valence-corrected chi connectivity index (χ2v) is 3.97. The minimum Gasteiger partial charge on any atom is -0.328 e. The Morgan fingerprint density at radius 3 is 2.50 bits per heavy atom. The SMILES string of the molecule is CCN1CC2(CC(N)C2)C1. The zero-order chi connectivity index (χ0) is 7.19.